The lowest BCUT2D eigenvalue weighted by Gasteiger charge is -2.30. The second kappa shape index (κ2) is 13.2. The molecule has 34 heavy (non-hydrogen) atoms. The number of quaternary nitrogens is 1. The molecule has 0 atom stereocenters. The molecule has 2 aromatic rings. The summed E-state index contributed by atoms with van der Waals surface area (Å²) in [7, 11) is 5.90. The molecule has 7 nitrogen and oxygen atoms in total. The summed E-state index contributed by atoms with van der Waals surface area (Å²) in [6.45, 7) is 8.37. The Kier molecular flexibility index (Phi) is 10.7. The van der Waals surface area contributed by atoms with E-state index in [1.807, 2.05) is 38.1 Å². The van der Waals surface area contributed by atoms with Crippen molar-refractivity contribution in [2.45, 2.75) is 46.4 Å². The van der Waals surface area contributed by atoms with Crippen molar-refractivity contribution in [3.8, 4) is 11.5 Å². The molecule has 0 spiro atoms. The van der Waals surface area contributed by atoms with E-state index in [0.29, 0.717) is 30.1 Å². The fourth-order valence-electron chi connectivity index (χ4n) is 3.82. The van der Waals surface area contributed by atoms with Crippen molar-refractivity contribution in [3.05, 3.63) is 59.2 Å². The second-order valence-corrected chi connectivity index (χ2v) is 8.78. The van der Waals surface area contributed by atoms with Crippen LogP contribution in [0.25, 0.3) is 0 Å². The van der Waals surface area contributed by atoms with Crippen molar-refractivity contribution < 1.29 is 33.0 Å². The Morgan fingerprint density at radius 1 is 0.971 bits per heavy atom. The van der Waals surface area contributed by atoms with Crippen LogP contribution >= 0.6 is 0 Å². The molecule has 0 heterocycles. The van der Waals surface area contributed by atoms with Crippen molar-refractivity contribution in [1.82, 2.24) is 0 Å². The smallest absolute Gasteiger partial charge is 0.308 e. The van der Waals surface area contributed by atoms with Gasteiger partial charge in [0.2, 0.25) is 0 Å². The Balaban J connectivity index is 2.04. The normalized spacial score (nSPS) is 11.5. The minimum Gasteiger partial charge on any atom is -0.497 e. The number of benzene rings is 2. The van der Waals surface area contributed by atoms with Gasteiger partial charge in [0.1, 0.15) is 18.0 Å². The van der Waals surface area contributed by atoms with E-state index in [4.69, 9.17) is 18.9 Å². The Bertz CT molecular complexity index is 933. The zero-order valence-electron chi connectivity index (χ0n) is 21.3. The maximum absolute atomic E-state index is 13.1. The summed E-state index contributed by atoms with van der Waals surface area (Å²) < 4.78 is 22.5. The predicted octanol–water partition coefficient (Wildman–Crippen LogP) is 4.61. The second-order valence-electron chi connectivity index (χ2n) is 8.78. The Hall–Kier alpha value is -2.74. The van der Waals surface area contributed by atoms with Crippen LogP contribution in [0.4, 0.5) is 0 Å². The zero-order valence-corrected chi connectivity index (χ0v) is 21.3. The van der Waals surface area contributed by atoms with Crippen LogP contribution in [0.2, 0.25) is 0 Å². The van der Waals surface area contributed by atoms with Gasteiger partial charge in [-0.15, -0.1) is 0 Å². The standard InChI is InChI=1S/C27H38NO6/c1-7-32-26(33-8-2)10-9-17-28(4,5)19-21-11-13-22(14-12-21)27(30)24-16-15-23(31-6)18-25(24)34-20(3)29/h11-16,18,26H,7-10,17,19H2,1-6H3/q+1. The number of methoxy groups -OCH3 is 1. The van der Waals surface area contributed by atoms with Gasteiger partial charge < -0.3 is 23.4 Å². The van der Waals surface area contributed by atoms with Gasteiger partial charge >= 0.3 is 5.97 Å². The summed E-state index contributed by atoms with van der Waals surface area (Å²) in [6.07, 6.45) is 1.71. The summed E-state index contributed by atoms with van der Waals surface area (Å²) in [5, 5.41) is 0. The first kappa shape index (κ1) is 27.5. The highest BCUT2D eigenvalue weighted by molar-refractivity contribution is 6.11. The highest BCUT2D eigenvalue weighted by Gasteiger charge is 2.20. The topological polar surface area (TPSA) is 71.1 Å². The molecule has 0 aliphatic carbocycles. The predicted molar refractivity (Wildman–Crippen MR) is 131 cm³/mol. The van der Waals surface area contributed by atoms with Crippen molar-refractivity contribution >= 4 is 11.8 Å². The average Bonchev–Trinajstić information content (AvgIpc) is 2.78. The van der Waals surface area contributed by atoms with Crippen LogP contribution in [-0.2, 0) is 20.8 Å². The van der Waals surface area contributed by atoms with Crippen molar-refractivity contribution in [2.75, 3.05) is 41.0 Å². The maximum Gasteiger partial charge on any atom is 0.308 e. The molecule has 2 rings (SSSR count). The van der Waals surface area contributed by atoms with Gasteiger partial charge in [-0.3, -0.25) is 9.59 Å². The summed E-state index contributed by atoms with van der Waals surface area (Å²) >= 11 is 0. The largest absolute Gasteiger partial charge is 0.497 e. The molecular formula is C27H38NO6+. The van der Waals surface area contributed by atoms with E-state index >= 15 is 0 Å². The summed E-state index contributed by atoms with van der Waals surface area (Å²) in [6, 6.07) is 12.4. The molecule has 0 aliphatic heterocycles. The van der Waals surface area contributed by atoms with Crippen LogP contribution in [0.5, 0.6) is 11.5 Å². The van der Waals surface area contributed by atoms with E-state index in [1.165, 1.54) is 14.0 Å². The number of hydrogen-bond acceptors (Lipinski definition) is 6. The number of ether oxygens (including phenoxy) is 4. The lowest BCUT2D eigenvalue weighted by atomic mass is 10.0. The molecule has 0 bridgehead atoms. The summed E-state index contributed by atoms with van der Waals surface area (Å²) in [5.74, 6) is -0.00306. The number of rotatable bonds is 14. The zero-order chi connectivity index (χ0) is 25.1. The third-order valence-corrected chi connectivity index (χ3v) is 5.42. The van der Waals surface area contributed by atoms with Crippen LogP contribution in [-0.4, -0.2) is 63.5 Å². The van der Waals surface area contributed by atoms with E-state index in [1.54, 1.807) is 18.2 Å². The Morgan fingerprint density at radius 2 is 1.62 bits per heavy atom. The molecule has 0 radical (unpaired) electrons. The van der Waals surface area contributed by atoms with Crippen molar-refractivity contribution in [3.63, 3.8) is 0 Å². The van der Waals surface area contributed by atoms with Crippen LogP contribution < -0.4 is 9.47 Å². The van der Waals surface area contributed by atoms with Crippen molar-refractivity contribution in [2.24, 2.45) is 0 Å². The molecular weight excluding hydrogens is 434 g/mol. The molecule has 0 unspecified atom stereocenters. The third kappa shape index (κ3) is 8.56. The number of esters is 1. The highest BCUT2D eigenvalue weighted by Crippen LogP contribution is 2.27. The van der Waals surface area contributed by atoms with E-state index in [9.17, 15) is 9.59 Å². The molecule has 0 aliphatic rings. The van der Waals surface area contributed by atoms with E-state index < -0.39 is 5.97 Å². The number of nitrogens with zero attached hydrogens (tertiary/aromatic N) is 1. The maximum atomic E-state index is 13.1. The molecule has 0 fully saturated rings. The number of ketones is 1. The van der Waals surface area contributed by atoms with Gasteiger partial charge in [0.15, 0.2) is 12.1 Å². The molecule has 7 heteroatoms. The van der Waals surface area contributed by atoms with Gasteiger partial charge in [-0.2, -0.15) is 0 Å². The number of carbonyl (C=O) groups excluding carboxylic acids is 2. The van der Waals surface area contributed by atoms with Gasteiger partial charge in [0, 0.05) is 50.2 Å². The lowest BCUT2D eigenvalue weighted by Crippen LogP contribution is -2.40. The van der Waals surface area contributed by atoms with E-state index in [-0.39, 0.29) is 17.8 Å². The minimum absolute atomic E-state index is 0.143. The van der Waals surface area contributed by atoms with Crippen LogP contribution in [0.1, 0.15) is 55.1 Å². The fourth-order valence-corrected chi connectivity index (χ4v) is 3.82. The summed E-state index contributed by atoms with van der Waals surface area (Å²) in [4.78, 5) is 24.6. The summed E-state index contributed by atoms with van der Waals surface area (Å²) in [5.41, 5.74) is 1.99. The Labute approximate surface area is 203 Å². The van der Waals surface area contributed by atoms with E-state index in [0.717, 1.165) is 36.0 Å². The fraction of sp³-hybridized carbons (Fsp3) is 0.481. The van der Waals surface area contributed by atoms with Gasteiger partial charge in [-0.25, -0.2) is 0 Å². The quantitative estimate of drug-likeness (QED) is 0.132. The van der Waals surface area contributed by atoms with Gasteiger partial charge in [-0.05, 0) is 26.0 Å². The lowest BCUT2D eigenvalue weighted by molar-refractivity contribution is -0.903. The SMILES string of the molecule is CCOC(CCC[N+](C)(C)Cc1ccc(C(=O)c2ccc(OC)cc2OC(C)=O)cc1)OCC. The first-order valence-electron chi connectivity index (χ1n) is 11.7. The molecule has 0 amide bonds. The average molecular weight is 473 g/mol. The third-order valence-electron chi connectivity index (χ3n) is 5.42. The van der Waals surface area contributed by atoms with Crippen molar-refractivity contribution in [1.29, 1.82) is 0 Å². The monoisotopic (exact) mass is 472 g/mol. The highest BCUT2D eigenvalue weighted by atomic mass is 16.7. The molecule has 0 saturated heterocycles. The van der Waals surface area contributed by atoms with Gasteiger partial charge in [0.05, 0.1) is 33.3 Å². The van der Waals surface area contributed by atoms with Crippen LogP contribution in [0.15, 0.2) is 42.5 Å². The minimum atomic E-state index is -0.494. The Morgan fingerprint density at radius 3 is 2.18 bits per heavy atom. The number of hydrogen-bond donors (Lipinski definition) is 0. The molecule has 186 valence electrons. The molecule has 0 saturated carbocycles. The van der Waals surface area contributed by atoms with Crippen LogP contribution in [0.3, 0.4) is 0 Å². The first-order valence-corrected chi connectivity index (χ1v) is 11.7. The van der Waals surface area contributed by atoms with E-state index in [2.05, 4.69) is 14.1 Å². The molecule has 0 aromatic heterocycles. The van der Waals surface area contributed by atoms with Crippen LogP contribution in [0, 0.1) is 0 Å². The first-order chi connectivity index (χ1) is 16.2. The number of carbonyl (C=O) groups is 2. The molecule has 0 N–H and O–H groups in total. The van der Waals surface area contributed by atoms with Gasteiger partial charge in [-0.1, -0.05) is 24.3 Å². The molecule has 2 aromatic carbocycles. The van der Waals surface area contributed by atoms with Gasteiger partial charge in [0.25, 0.3) is 0 Å².